The first-order valence-electron chi connectivity index (χ1n) is 7.21. The van der Waals surface area contributed by atoms with Crippen LogP contribution in [-0.4, -0.2) is 20.3 Å². The Labute approximate surface area is 111 Å². The largest absolute Gasteiger partial charge is 0.385 e. The molecule has 0 unspecified atom stereocenters. The van der Waals surface area contributed by atoms with Gasteiger partial charge in [-0.3, -0.25) is 0 Å². The van der Waals surface area contributed by atoms with E-state index in [0.29, 0.717) is 0 Å². The summed E-state index contributed by atoms with van der Waals surface area (Å²) in [5.41, 5.74) is 2.66. The molecular formula is C16H25NO. The monoisotopic (exact) mass is 247 g/mol. The average Bonchev–Trinajstić information content (AvgIpc) is 2.45. The molecule has 0 aliphatic heterocycles. The van der Waals surface area contributed by atoms with Crippen LogP contribution in [0.1, 0.15) is 37.7 Å². The smallest absolute Gasteiger partial charge is 0.0503 e. The average molecular weight is 247 g/mol. The quantitative estimate of drug-likeness (QED) is 0.824. The van der Waals surface area contributed by atoms with E-state index in [1.807, 2.05) is 0 Å². The van der Waals surface area contributed by atoms with E-state index >= 15 is 0 Å². The number of benzene rings is 1. The van der Waals surface area contributed by atoms with Gasteiger partial charge in [0.2, 0.25) is 0 Å². The molecule has 0 saturated heterocycles. The van der Waals surface area contributed by atoms with Gasteiger partial charge < -0.3 is 10.1 Å². The molecular weight excluding hydrogens is 222 g/mol. The number of hydrogen-bond donors (Lipinski definition) is 1. The Morgan fingerprint density at radius 3 is 2.72 bits per heavy atom. The molecule has 0 bridgehead atoms. The first-order valence-corrected chi connectivity index (χ1v) is 7.21. The van der Waals surface area contributed by atoms with Gasteiger partial charge in [0.25, 0.3) is 0 Å². The van der Waals surface area contributed by atoms with Gasteiger partial charge in [0, 0.05) is 19.3 Å². The van der Waals surface area contributed by atoms with E-state index in [4.69, 9.17) is 4.74 Å². The fourth-order valence-electron chi connectivity index (χ4n) is 2.77. The molecule has 2 rings (SSSR count). The van der Waals surface area contributed by atoms with Crippen molar-refractivity contribution in [3.63, 3.8) is 0 Å². The molecule has 18 heavy (non-hydrogen) atoms. The van der Waals surface area contributed by atoms with E-state index in [2.05, 4.69) is 29.6 Å². The SMILES string of the molecule is COCCc1ccccc1NCC1CCCCC1. The van der Waals surface area contributed by atoms with Crippen molar-refractivity contribution in [2.75, 3.05) is 25.6 Å². The highest BCUT2D eigenvalue weighted by Gasteiger charge is 2.13. The van der Waals surface area contributed by atoms with Gasteiger partial charge in [0.05, 0.1) is 6.61 Å². The van der Waals surface area contributed by atoms with Crippen LogP contribution < -0.4 is 5.32 Å². The van der Waals surface area contributed by atoms with Crippen LogP contribution in [0.2, 0.25) is 0 Å². The lowest BCUT2D eigenvalue weighted by Crippen LogP contribution is -2.17. The van der Waals surface area contributed by atoms with Crippen LogP contribution >= 0.6 is 0 Å². The molecule has 0 heterocycles. The predicted molar refractivity (Wildman–Crippen MR) is 77.1 cm³/mol. The van der Waals surface area contributed by atoms with Gasteiger partial charge in [0.15, 0.2) is 0 Å². The zero-order valence-electron chi connectivity index (χ0n) is 11.5. The van der Waals surface area contributed by atoms with E-state index in [1.54, 1.807) is 7.11 Å². The molecule has 100 valence electrons. The van der Waals surface area contributed by atoms with Crippen LogP contribution in [0.4, 0.5) is 5.69 Å². The summed E-state index contributed by atoms with van der Waals surface area (Å²) in [6.45, 7) is 1.92. The Balaban J connectivity index is 1.87. The maximum atomic E-state index is 5.17. The predicted octanol–water partition coefficient (Wildman–Crippen LogP) is 3.87. The summed E-state index contributed by atoms with van der Waals surface area (Å²) >= 11 is 0. The fraction of sp³-hybridized carbons (Fsp3) is 0.625. The third-order valence-corrected chi connectivity index (χ3v) is 3.90. The number of hydrogen-bond acceptors (Lipinski definition) is 2. The minimum absolute atomic E-state index is 0.794. The summed E-state index contributed by atoms with van der Waals surface area (Å²) in [6, 6.07) is 8.60. The number of methoxy groups -OCH3 is 1. The van der Waals surface area contributed by atoms with Crippen molar-refractivity contribution < 1.29 is 4.74 Å². The lowest BCUT2D eigenvalue weighted by molar-refractivity contribution is 0.202. The Hall–Kier alpha value is -1.02. The van der Waals surface area contributed by atoms with Crippen LogP contribution in [0.15, 0.2) is 24.3 Å². The van der Waals surface area contributed by atoms with Gasteiger partial charge in [-0.25, -0.2) is 0 Å². The molecule has 0 atom stereocenters. The topological polar surface area (TPSA) is 21.3 Å². The number of para-hydroxylation sites is 1. The van der Waals surface area contributed by atoms with E-state index in [1.165, 1.54) is 43.4 Å². The summed E-state index contributed by atoms with van der Waals surface area (Å²) in [4.78, 5) is 0. The normalized spacial score (nSPS) is 16.7. The van der Waals surface area contributed by atoms with Crippen LogP contribution in [0.3, 0.4) is 0 Å². The molecule has 2 heteroatoms. The van der Waals surface area contributed by atoms with Gasteiger partial charge >= 0.3 is 0 Å². The van der Waals surface area contributed by atoms with Crippen molar-refractivity contribution in [3.8, 4) is 0 Å². The third-order valence-electron chi connectivity index (χ3n) is 3.90. The summed E-state index contributed by atoms with van der Waals surface area (Å²) < 4.78 is 5.17. The molecule has 1 aromatic rings. The molecule has 0 aromatic heterocycles. The second kappa shape index (κ2) is 7.42. The second-order valence-corrected chi connectivity index (χ2v) is 5.28. The Bertz CT molecular complexity index is 345. The van der Waals surface area contributed by atoms with Gasteiger partial charge in [-0.15, -0.1) is 0 Å². The first kappa shape index (κ1) is 13.4. The highest BCUT2D eigenvalue weighted by molar-refractivity contribution is 5.51. The Morgan fingerprint density at radius 1 is 1.17 bits per heavy atom. The van der Waals surface area contributed by atoms with Gasteiger partial charge in [-0.2, -0.15) is 0 Å². The molecule has 2 nitrogen and oxygen atoms in total. The van der Waals surface area contributed by atoms with E-state index in [-0.39, 0.29) is 0 Å². The van der Waals surface area contributed by atoms with Crippen molar-refractivity contribution in [1.29, 1.82) is 0 Å². The van der Waals surface area contributed by atoms with Crippen molar-refractivity contribution in [3.05, 3.63) is 29.8 Å². The Kier molecular flexibility index (Phi) is 5.53. The Morgan fingerprint density at radius 2 is 1.94 bits per heavy atom. The lowest BCUT2D eigenvalue weighted by atomic mass is 9.89. The standard InChI is InChI=1S/C16H25NO/c1-18-12-11-15-9-5-6-10-16(15)17-13-14-7-3-2-4-8-14/h5-6,9-10,14,17H,2-4,7-8,11-13H2,1H3. The highest BCUT2D eigenvalue weighted by atomic mass is 16.5. The van der Waals surface area contributed by atoms with Crippen LogP contribution in [0, 0.1) is 5.92 Å². The van der Waals surface area contributed by atoms with Gasteiger partial charge in [0.1, 0.15) is 0 Å². The molecule has 0 amide bonds. The van der Waals surface area contributed by atoms with E-state index < -0.39 is 0 Å². The lowest BCUT2D eigenvalue weighted by Gasteiger charge is -2.23. The van der Waals surface area contributed by atoms with Crippen LogP contribution in [-0.2, 0) is 11.2 Å². The second-order valence-electron chi connectivity index (χ2n) is 5.28. The maximum Gasteiger partial charge on any atom is 0.0503 e. The number of nitrogens with one attached hydrogen (secondary N) is 1. The number of ether oxygens (including phenoxy) is 1. The van der Waals surface area contributed by atoms with Crippen molar-refractivity contribution in [2.24, 2.45) is 5.92 Å². The van der Waals surface area contributed by atoms with Crippen molar-refractivity contribution in [2.45, 2.75) is 38.5 Å². The van der Waals surface area contributed by atoms with Gasteiger partial charge in [-0.1, -0.05) is 37.5 Å². The maximum absolute atomic E-state index is 5.17. The highest BCUT2D eigenvalue weighted by Crippen LogP contribution is 2.24. The van der Waals surface area contributed by atoms with Crippen LogP contribution in [0.5, 0.6) is 0 Å². The van der Waals surface area contributed by atoms with Gasteiger partial charge in [-0.05, 0) is 36.8 Å². The molecule has 1 aliphatic carbocycles. The van der Waals surface area contributed by atoms with Crippen molar-refractivity contribution >= 4 is 5.69 Å². The number of anilines is 1. The molecule has 1 N–H and O–H groups in total. The van der Waals surface area contributed by atoms with E-state index in [0.717, 1.165) is 25.5 Å². The molecule has 0 spiro atoms. The number of rotatable bonds is 6. The van der Waals surface area contributed by atoms with Crippen LogP contribution in [0.25, 0.3) is 0 Å². The molecule has 0 radical (unpaired) electrons. The summed E-state index contributed by atoms with van der Waals surface area (Å²) in [5.74, 6) is 0.870. The molecule has 1 fully saturated rings. The molecule has 1 aromatic carbocycles. The minimum atomic E-state index is 0.794. The summed E-state index contributed by atoms with van der Waals surface area (Å²) in [6.07, 6.45) is 8.04. The van der Waals surface area contributed by atoms with Crippen molar-refractivity contribution in [1.82, 2.24) is 0 Å². The summed E-state index contributed by atoms with van der Waals surface area (Å²) in [7, 11) is 1.76. The molecule has 1 saturated carbocycles. The zero-order chi connectivity index (χ0) is 12.6. The molecule has 1 aliphatic rings. The van der Waals surface area contributed by atoms with E-state index in [9.17, 15) is 0 Å². The first-order chi connectivity index (χ1) is 8.90. The fourth-order valence-corrected chi connectivity index (χ4v) is 2.77. The minimum Gasteiger partial charge on any atom is -0.385 e. The summed E-state index contributed by atoms with van der Waals surface area (Å²) in [5, 5.41) is 3.64. The third kappa shape index (κ3) is 4.02. The zero-order valence-corrected chi connectivity index (χ0v) is 11.5.